The fourth-order valence-electron chi connectivity index (χ4n) is 3.57. The van der Waals surface area contributed by atoms with Gasteiger partial charge in [0.15, 0.2) is 19.0 Å². The normalized spacial score (nSPS) is 10.5. The van der Waals surface area contributed by atoms with Gasteiger partial charge in [-0.15, -0.1) is 0 Å². The molecule has 0 saturated heterocycles. The molecule has 6 nitrogen and oxygen atoms in total. The van der Waals surface area contributed by atoms with Gasteiger partial charge in [0.05, 0.1) is 0 Å². The Bertz CT molecular complexity index is 1030. The molecule has 0 bridgehead atoms. The molecule has 176 valence electrons. The quantitative estimate of drug-likeness (QED) is 0.318. The molecular formula is C28H29NO5. The van der Waals surface area contributed by atoms with E-state index in [0.717, 1.165) is 0 Å². The van der Waals surface area contributed by atoms with Crippen molar-refractivity contribution in [2.45, 2.75) is 25.7 Å². The highest BCUT2D eigenvalue weighted by Crippen LogP contribution is 2.27. The molecule has 0 radical (unpaired) electrons. The van der Waals surface area contributed by atoms with Gasteiger partial charge in [-0.05, 0) is 41.8 Å². The number of ketones is 1. The molecule has 0 spiro atoms. The zero-order valence-corrected chi connectivity index (χ0v) is 19.2. The molecule has 1 amide bonds. The fourth-order valence-corrected chi connectivity index (χ4v) is 3.57. The monoisotopic (exact) mass is 459 g/mol. The van der Waals surface area contributed by atoms with Gasteiger partial charge in [-0.2, -0.15) is 0 Å². The second-order valence-corrected chi connectivity index (χ2v) is 7.76. The molecule has 0 atom stereocenters. The largest absolute Gasteiger partial charge is 0.482 e. The number of esters is 1. The van der Waals surface area contributed by atoms with Crippen molar-refractivity contribution >= 4 is 17.7 Å². The van der Waals surface area contributed by atoms with Gasteiger partial charge < -0.3 is 14.8 Å². The number of nitrogens with one attached hydrogen (secondary N) is 1. The molecule has 6 heteroatoms. The van der Waals surface area contributed by atoms with Gasteiger partial charge in [-0.3, -0.25) is 9.59 Å². The summed E-state index contributed by atoms with van der Waals surface area (Å²) in [6.07, 6.45) is 1.14. The summed E-state index contributed by atoms with van der Waals surface area (Å²) in [4.78, 5) is 35.7. The summed E-state index contributed by atoms with van der Waals surface area (Å²) in [6, 6.07) is 26.8. The van der Waals surface area contributed by atoms with E-state index >= 15 is 0 Å². The number of rotatable bonds is 12. The number of carbonyl (C=O) groups is 3. The van der Waals surface area contributed by atoms with E-state index in [9.17, 15) is 14.4 Å². The van der Waals surface area contributed by atoms with Crippen LogP contribution in [0.4, 0.5) is 0 Å². The lowest BCUT2D eigenvalue weighted by Gasteiger charge is -2.18. The van der Waals surface area contributed by atoms with Crippen LogP contribution in [0.25, 0.3) is 0 Å². The highest BCUT2D eigenvalue weighted by Gasteiger charge is 2.15. The third-order valence-corrected chi connectivity index (χ3v) is 5.38. The van der Waals surface area contributed by atoms with Crippen molar-refractivity contribution in [3.63, 3.8) is 0 Å². The molecule has 0 aliphatic rings. The summed E-state index contributed by atoms with van der Waals surface area (Å²) in [7, 11) is 0. The number of amides is 1. The molecule has 3 aromatic carbocycles. The Morgan fingerprint density at radius 1 is 0.794 bits per heavy atom. The Balaban J connectivity index is 1.40. The summed E-state index contributed by atoms with van der Waals surface area (Å²) in [6.45, 7) is 1.56. The van der Waals surface area contributed by atoms with Crippen LogP contribution in [0.5, 0.6) is 5.75 Å². The van der Waals surface area contributed by atoms with Crippen LogP contribution in [-0.2, 0) is 14.3 Å². The van der Waals surface area contributed by atoms with Gasteiger partial charge in [0.1, 0.15) is 5.75 Å². The second-order valence-electron chi connectivity index (χ2n) is 7.76. The van der Waals surface area contributed by atoms with Gasteiger partial charge >= 0.3 is 5.97 Å². The van der Waals surface area contributed by atoms with E-state index in [0.29, 0.717) is 30.7 Å². The van der Waals surface area contributed by atoms with Crippen LogP contribution in [0.15, 0.2) is 84.9 Å². The number of hydrogen-bond acceptors (Lipinski definition) is 5. The van der Waals surface area contributed by atoms with E-state index in [2.05, 4.69) is 29.6 Å². The number of Topliss-reactive ketones (excluding diaryl/α,β-unsaturated/α-hetero) is 1. The average Bonchev–Trinajstić information content (AvgIpc) is 2.89. The minimum Gasteiger partial charge on any atom is -0.482 e. The van der Waals surface area contributed by atoms with Crippen LogP contribution < -0.4 is 10.1 Å². The van der Waals surface area contributed by atoms with E-state index in [1.807, 2.05) is 36.4 Å². The van der Waals surface area contributed by atoms with Gasteiger partial charge in [0, 0.05) is 24.4 Å². The van der Waals surface area contributed by atoms with E-state index < -0.39 is 5.97 Å². The Morgan fingerprint density at radius 2 is 1.38 bits per heavy atom. The van der Waals surface area contributed by atoms with Crippen LogP contribution in [-0.4, -0.2) is 37.4 Å². The maximum atomic E-state index is 12.1. The molecule has 0 aliphatic carbocycles. The van der Waals surface area contributed by atoms with Gasteiger partial charge in [0.25, 0.3) is 5.91 Å². The highest BCUT2D eigenvalue weighted by molar-refractivity contribution is 5.95. The third-order valence-electron chi connectivity index (χ3n) is 5.38. The number of carbonyl (C=O) groups excluding carboxylic acids is 3. The Labute approximate surface area is 199 Å². The Hall–Kier alpha value is -3.93. The maximum absolute atomic E-state index is 12.1. The first kappa shape index (κ1) is 24.7. The highest BCUT2D eigenvalue weighted by atomic mass is 16.6. The van der Waals surface area contributed by atoms with E-state index in [1.54, 1.807) is 31.2 Å². The van der Waals surface area contributed by atoms with Crippen molar-refractivity contribution in [2.24, 2.45) is 0 Å². The first-order valence-electron chi connectivity index (χ1n) is 11.3. The first-order chi connectivity index (χ1) is 16.6. The van der Waals surface area contributed by atoms with Crippen LogP contribution in [0.1, 0.15) is 47.2 Å². The molecule has 3 aromatic rings. The predicted octanol–water partition coefficient (Wildman–Crippen LogP) is 4.54. The Kier molecular flexibility index (Phi) is 9.40. The first-order valence-corrected chi connectivity index (χ1v) is 11.3. The molecule has 0 unspecified atom stereocenters. The summed E-state index contributed by atoms with van der Waals surface area (Å²) in [5, 5.41) is 2.82. The molecule has 34 heavy (non-hydrogen) atoms. The summed E-state index contributed by atoms with van der Waals surface area (Å²) < 4.78 is 10.4. The zero-order chi connectivity index (χ0) is 24.2. The second kappa shape index (κ2) is 12.9. The molecule has 0 aromatic heterocycles. The van der Waals surface area contributed by atoms with Gasteiger partial charge in [-0.25, -0.2) is 4.79 Å². The number of ether oxygens (including phenoxy) is 2. The summed E-state index contributed by atoms with van der Waals surface area (Å²) in [5.41, 5.74) is 2.95. The van der Waals surface area contributed by atoms with Crippen LogP contribution in [0.2, 0.25) is 0 Å². The molecule has 0 aliphatic heterocycles. The molecule has 0 fully saturated rings. The van der Waals surface area contributed by atoms with E-state index in [-0.39, 0.29) is 30.8 Å². The van der Waals surface area contributed by atoms with Crippen molar-refractivity contribution in [2.75, 3.05) is 19.8 Å². The van der Waals surface area contributed by atoms with Crippen molar-refractivity contribution in [1.82, 2.24) is 5.32 Å². The van der Waals surface area contributed by atoms with Crippen molar-refractivity contribution in [1.29, 1.82) is 0 Å². The van der Waals surface area contributed by atoms with E-state index in [4.69, 9.17) is 9.47 Å². The Morgan fingerprint density at radius 3 is 1.94 bits per heavy atom. The molecular weight excluding hydrogens is 430 g/mol. The molecule has 1 N–H and O–H groups in total. The van der Waals surface area contributed by atoms with Crippen molar-refractivity contribution < 1.29 is 23.9 Å². The molecule has 0 saturated carbocycles. The van der Waals surface area contributed by atoms with Crippen LogP contribution in [0.3, 0.4) is 0 Å². The lowest BCUT2D eigenvalue weighted by atomic mass is 9.88. The standard InChI is InChI=1S/C28H29NO5/c1-2-26(30)23-13-15-24(16-14-23)33-20-28(32)34-19-27(31)29-18-17-25(21-9-5-3-6-10-21)22-11-7-4-8-12-22/h3-16,25H,2,17-20H2,1H3,(H,29,31). The van der Waals surface area contributed by atoms with Crippen molar-refractivity contribution in [3.8, 4) is 5.75 Å². The molecule has 3 rings (SSSR count). The summed E-state index contributed by atoms with van der Waals surface area (Å²) in [5.74, 6) is -0.374. The maximum Gasteiger partial charge on any atom is 0.344 e. The van der Waals surface area contributed by atoms with Crippen molar-refractivity contribution in [3.05, 3.63) is 102 Å². The lowest BCUT2D eigenvalue weighted by Crippen LogP contribution is -2.31. The van der Waals surface area contributed by atoms with Crippen LogP contribution in [0, 0.1) is 0 Å². The minimum atomic E-state index is -0.643. The number of hydrogen-bond donors (Lipinski definition) is 1. The predicted molar refractivity (Wildman–Crippen MR) is 130 cm³/mol. The topological polar surface area (TPSA) is 81.7 Å². The van der Waals surface area contributed by atoms with Crippen LogP contribution >= 0.6 is 0 Å². The smallest absolute Gasteiger partial charge is 0.344 e. The lowest BCUT2D eigenvalue weighted by molar-refractivity contribution is -0.150. The summed E-state index contributed by atoms with van der Waals surface area (Å²) >= 11 is 0. The van der Waals surface area contributed by atoms with Gasteiger partial charge in [-0.1, -0.05) is 67.6 Å². The third kappa shape index (κ3) is 7.59. The average molecular weight is 460 g/mol. The van der Waals surface area contributed by atoms with E-state index in [1.165, 1.54) is 11.1 Å². The van der Waals surface area contributed by atoms with Gasteiger partial charge in [0.2, 0.25) is 0 Å². The fraction of sp³-hybridized carbons (Fsp3) is 0.250. The number of benzene rings is 3. The minimum absolute atomic E-state index is 0.0378. The zero-order valence-electron chi connectivity index (χ0n) is 19.2. The SMILES string of the molecule is CCC(=O)c1ccc(OCC(=O)OCC(=O)NCCC(c2ccccc2)c2ccccc2)cc1. The molecule has 0 heterocycles.